The van der Waals surface area contributed by atoms with Crippen molar-refractivity contribution in [2.45, 2.75) is 26.7 Å². The molecule has 0 spiro atoms. The molecule has 0 aliphatic rings. The van der Waals surface area contributed by atoms with Gasteiger partial charge in [0.25, 0.3) is 0 Å². The Morgan fingerprint density at radius 2 is 1.86 bits per heavy atom. The average molecular weight is 294 g/mol. The van der Waals surface area contributed by atoms with E-state index >= 15 is 0 Å². The van der Waals surface area contributed by atoms with Crippen LogP contribution in [0.5, 0.6) is 0 Å². The fraction of sp³-hybridized carbons (Fsp3) is 0.316. The van der Waals surface area contributed by atoms with Gasteiger partial charge in [0.05, 0.1) is 17.6 Å². The van der Waals surface area contributed by atoms with E-state index < -0.39 is 0 Å². The Morgan fingerprint density at radius 3 is 2.64 bits per heavy atom. The zero-order valence-electron chi connectivity index (χ0n) is 13.2. The van der Waals surface area contributed by atoms with Crippen LogP contribution in [0.2, 0.25) is 0 Å². The Kier molecular flexibility index (Phi) is 4.42. The summed E-state index contributed by atoms with van der Waals surface area (Å²) in [5, 5.41) is 1.12. The Bertz CT molecular complexity index is 742. The second kappa shape index (κ2) is 6.65. The van der Waals surface area contributed by atoms with Crippen molar-refractivity contribution >= 4 is 16.7 Å². The van der Waals surface area contributed by atoms with Gasteiger partial charge in [0.1, 0.15) is 5.58 Å². The van der Waals surface area contributed by atoms with E-state index in [1.54, 1.807) is 6.26 Å². The average Bonchev–Trinajstić information content (AvgIpc) is 3.02. The molecule has 0 unspecified atom stereocenters. The number of pyridine rings is 1. The van der Waals surface area contributed by atoms with Gasteiger partial charge in [0.15, 0.2) is 0 Å². The Labute approximate surface area is 131 Å². The van der Waals surface area contributed by atoms with Crippen molar-refractivity contribution < 1.29 is 4.42 Å². The Balaban J connectivity index is 2.05. The second-order valence-electron chi connectivity index (χ2n) is 5.53. The number of anilines is 1. The van der Waals surface area contributed by atoms with Gasteiger partial charge < -0.3 is 9.32 Å². The first-order valence-corrected chi connectivity index (χ1v) is 8.01. The van der Waals surface area contributed by atoms with Gasteiger partial charge >= 0.3 is 0 Å². The van der Waals surface area contributed by atoms with Crippen molar-refractivity contribution in [3.8, 4) is 11.3 Å². The van der Waals surface area contributed by atoms with Crippen LogP contribution >= 0.6 is 0 Å². The molecule has 0 N–H and O–H groups in total. The van der Waals surface area contributed by atoms with Crippen molar-refractivity contribution in [1.82, 2.24) is 4.98 Å². The first-order valence-electron chi connectivity index (χ1n) is 8.01. The highest BCUT2D eigenvalue weighted by Gasteiger charge is 2.13. The molecule has 0 aliphatic heterocycles. The van der Waals surface area contributed by atoms with Crippen LogP contribution in [0.25, 0.3) is 22.2 Å². The molecule has 3 rings (SSSR count). The zero-order valence-corrected chi connectivity index (χ0v) is 13.2. The molecule has 22 heavy (non-hydrogen) atoms. The van der Waals surface area contributed by atoms with Crippen LogP contribution in [0.15, 0.2) is 53.3 Å². The van der Waals surface area contributed by atoms with E-state index in [-0.39, 0.29) is 0 Å². The minimum Gasteiger partial charge on any atom is -0.464 e. The molecule has 2 heterocycles. The van der Waals surface area contributed by atoms with E-state index in [1.807, 2.05) is 24.4 Å². The molecule has 0 saturated heterocycles. The van der Waals surface area contributed by atoms with Crippen molar-refractivity contribution in [3.05, 3.63) is 48.9 Å². The summed E-state index contributed by atoms with van der Waals surface area (Å²) in [7, 11) is 0. The van der Waals surface area contributed by atoms with Crippen LogP contribution in [0.3, 0.4) is 0 Å². The monoisotopic (exact) mass is 294 g/mol. The first-order chi connectivity index (χ1) is 10.8. The quantitative estimate of drug-likeness (QED) is 0.631. The van der Waals surface area contributed by atoms with Crippen LogP contribution in [0.4, 0.5) is 5.69 Å². The molecule has 0 aliphatic carbocycles. The second-order valence-corrected chi connectivity index (χ2v) is 5.53. The number of fused-ring (bicyclic) bond motifs is 1. The molecule has 0 saturated carbocycles. The van der Waals surface area contributed by atoms with Gasteiger partial charge in [-0.25, -0.2) is 0 Å². The zero-order chi connectivity index (χ0) is 15.4. The molecule has 1 aromatic carbocycles. The number of hydrogen-bond acceptors (Lipinski definition) is 3. The Hall–Kier alpha value is -2.29. The summed E-state index contributed by atoms with van der Waals surface area (Å²) >= 11 is 0. The van der Waals surface area contributed by atoms with E-state index in [4.69, 9.17) is 4.42 Å². The minimum absolute atomic E-state index is 0.917. The minimum atomic E-state index is 0.917. The third-order valence-electron chi connectivity index (χ3n) is 3.84. The van der Waals surface area contributed by atoms with Crippen molar-refractivity contribution in [3.63, 3.8) is 0 Å². The summed E-state index contributed by atoms with van der Waals surface area (Å²) in [5.41, 5.74) is 4.32. The lowest BCUT2D eigenvalue weighted by atomic mass is 10.1. The van der Waals surface area contributed by atoms with Crippen LogP contribution < -0.4 is 4.90 Å². The topological polar surface area (TPSA) is 29.3 Å². The molecule has 3 aromatic rings. The van der Waals surface area contributed by atoms with Crippen molar-refractivity contribution in [1.29, 1.82) is 0 Å². The number of rotatable bonds is 6. The summed E-state index contributed by atoms with van der Waals surface area (Å²) < 4.78 is 5.43. The molecule has 0 radical (unpaired) electrons. The summed E-state index contributed by atoms with van der Waals surface area (Å²) in [6.45, 7) is 6.55. The SMILES string of the molecule is CCCN(CCC)c1cccnc1-c1ccc2occc2c1. The highest BCUT2D eigenvalue weighted by molar-refractivity contribution is 5.85. The summed E-state index contributed by atoms with van der Waals surface area (Å²) in [5.74, 6) is 0. The molecule has 0 bridgehead atoms. The molecule has 3 nitrogen and oxygen atoms in total. The van der Waals surface area contributed by atoms with Gasteiger partial charge in [-0.3, -0.25) is 4.98 Å². The predicted octanol–water partition coefficient (Wildman–Crippen LogP) is 5.12. The van der Waals surface area contributed by atoms with Gasteiger partial charge in [-0.15, -0.1) is 0 Å². The van der Waals surface area contributed by atoms with Crippen LogP contribution in [0, 0.1) is 0 Å². The lowest BCUT2D eigenvalue weighted by Crippen LogP contribution is -2.25. The van der Waals surface area contributed by atoms with E-state index in [0.717, 1.165) is 48.2 Å². The number of furan rings is 1. The van der Waals surface area contributed by atoms with Gasteiger partial charge in [-0.1, -0.05) is 13.8 Å². The number of aromatic nitrogens is 1. The summed E-state index contributed by atoms with van der Waals surface area (Å²) in [6, 6.07) is 12.5. The lowest BCUT2D eigenvalue weighted by molar-refractivity contribution is 0.616. The molecule has 0 amide bonds. The predicted molar refractivity (Wildman–Crippen MR) is 92.2 cm³/mol. The lowest BCUT2D eigenvalue weighted by Gasteiger charge is -2.25. The smallest absolute Gasteiger partial charge is 0.133 e. The maximum absolute atomic E-state index is 5.43. The number of hydrogen-bond donors (Lipinski definition) is 0. The molecular formula is C19H22N2O. The highest BCUT2D eigenvalue weighted by atomic mass is 16.3. The molecule has 0 fully saturated rings. The summed E-state index contributed by atoms with van der Waals surface area (Å²) in [6.07, 6.45) is 5.87. The standard InChI is InChI=1S/C19H22N2O/c1-3-11-21(12-4-2)17-6-5-10-20-19(17)16-7-8-18-15(14-16)9-13-22-18/h5-10,13-14H,3-4,11-12H2,1-2H3. The molecule has 0 atom stereocenters. The summed E-state index contributed by atoms with van der Waals surface area (Å²) in [4.78, 5) is 7.09. The van der Waals surface area contributed by atoms with Crippen molar-refractivity contribution in [2.75, 3.05) is 18.0 Å². The number of nitrogens with zero attached hydrogens (tertiary/aromatic N) is 2. The third-order valence-corrected chi connectivity index (χ3v) is 3.84. The highest BCUT2D eigenvalue weighted by Crippen LogP contribution is 2.31. The van der Waals surface area contributed by atoms with Gasteiger partial charge in [-0.05, 0) is 49.2 Å². The van der Waals surface area contributed by atoms with Crippen molar-refractivity contribution in [2.24, 2.45) is 0 Å². The first kappa shape index (κ1) is 14.6. The van der Waals surface area contributed by atoms with Crippen LogP contribution in [0.1, 0.15) is 26.7 Å². The van der Waals surface area contributed by atoms with Crippen LogP contribution in [-0.2, 0) is 0 Å². The largest absolute Gasteiger partial charge is 0.464 e. The fourth-order valence-corrected chi connectivity index (χ4v) is 2.88. The molecule has 114 valence electrons. The van der Waals surface area contributed by atoms with Gasteiger partial charge in [-0.2, -0.15) is 0 Å². The van der Waals surface area contributed by atoms with E-state index in [9.17, 15) is 0 Å². The van der Waals surface area contributed by atoms with Crippen LogP contribution in [-0.4, -0.2) is 18.1 Å². The fourth-order valence-electron chi connectivity index (χ4n) is 2.88. The van der Waals surface area contributed by atoms with E-state index in [0.29, 0.717) is 0 Å². The van der Waals surface area contributed by atoms with Gasteiger partial charge in [0, 0.05) is 30.2 Å². The Morgan fingerprint density at radius 1 is 1.05 bits per heavy atom. The maximum Gasteiger partial charge on any atom is 0.133 e. The normalized spacial score (nSPS) is 11.0. The third kappa shape index (κ3) is 2.84. The molecular weight excluding hydrogens is 272 g/mol. The maximum atomic E-state index is 5.43. The molecule has 3 heteroatoms. The van der Waals surface area contributed by atoms with E-state index in [2.05, 4.69) is 41.9 Å². The van der Waals surface area contributed by atoms with E-state index in [1.165, 1.54) is 5.69 Å². The molecule has 2 aromatic heterocycles. The number of benzene rings is 1. The van der Waals surface area contributed by atoms with Gasteiger partial charge in [0.2, 0.25) is 0 Å².